The largest absolute Gasteiger partial charge is 0.465 e. The van der Waals surface area contributed by atoms with Crippen LogP contribution in [-0.4, -0.2) is 29.0 Å². The van der Waals surface area contributed by atoms with Gasteiger partial charge in [-0.15, -0.1) is 0 Å². The van der Waals surface area contributed by atoms with E-state index in [9.17, 15) is 9.59 Å². The van der Waals surface area contributed by atoms with Crippen LogP contribution in [0.4, 0.5) is 11.5 Å². The Labute approximate surface area is 201 Å². The molecule has 0 saturated heterocycles. The van der Waals surface area contributed by atoms with Crippen molar-refractivity contribution in [3.8, 4) is 11.6 Å². The second-order valence-corrected chi connectivity index (χ2v) is 7.43. The fraction of sp³-hybridized carbons (Fsp3) is 0.0769. The number of carbonyl (C=O) groups excluding carboxylic acids is 2. The molecule has 0 aliphatic heterocycles. The summed E-state index contributed by atoms with van der Waals surface area (Å²) in [5, 5.41) is 0. The fourth-order valence-corrected chi connectivity index (χ4v) is 3.43. The number of benzene rings is 3. The molecule has 176 valence electrons. The van der Waals surface area contributed by atoms with Crippen molar-refractivity contribution in [1.29, 1.82) is 0 Å². The molecule has 0 fully saturated rings. The lowest BCUT2D eigenvalue weighted by molar-refractivity contribution is -0.121. The van der Waals surface area contributed by atoms with Gasteiger partial charge in [0.2, 0.25) is 11.8 Å². The van der Waals surface area contributed by atoms with Gasteiger partial charge in [0, 0.05) is 0 Å². The molecule has 4 rings (SSSR count). The monoisotopic (exact) mass is 469 g/mol. The highest BCUT2D eigenvalue weighted by atomic mass is 16.5. The van der Waals surface area contributed by atoms with Crippen LogP contribution >= 0.6 is 0 Å². The molecule has 0 bridgehead atoms. The summed E-state index contributed by atoms with van der Waals surface area (Å²) in [5.41, 5.74) is 13.8. The van der Waals surface area contributed by atoms with Crippen LogP contribution in [0.15, 0.2) is 91.3 Å². The number of esters is 1. The topological polar surface area (TPSA) is 128 Å². The summed E-state index contributed by atoms with van der Waals surface area (Å²) < 4.78 is 10.4. The molecule has 4 N–H and O–H groups in total. The molecule has 0 radical (unpaired) electrons. The molecular weight excluding hydrogens is 446 g/mol. The summed E-state index contributed by atoms with van der Waals surface area (Å²) in [4.78, 5) is 32.9. The van der Waals surface area contributed by atoms with Crippen molar-refractivity contribution in [3.05, 3.63) is 108 Å². The van der Waals surface area contributed by atoms with E-state index in [1.54, 1.807) is 24.3 Å². The molecule has 9 heteroatoms. The first kappa shape index (κ1) is 23.2. The van der Waals surface area contributed by atoms with E-state index in [2.05, 4.69) is 25.6 Å². The SMILES string of the molecule is COC(=O)c1ccc(Oc2ncnc(NNC(=O)C(c3ccccc3)c3ccccc3)c2N)cc1. The Morgan fingerprint density at radius 2 is 1.46 bits per heavy atom. The highest BCUT2D eigenvalue weighted by Crippen LogP contribution is 2.30. The van der Waals surface area contributed by atoms with Crippen LogP contribution in [0.3, 0.4) is 0 Å². The van der Waals surface area contributed by atoms with E-state index >= 15 is 0 Å². The highest BCUT2D eigenvalue weighted by Gasteiger charge is 2.23. The minimum Gasteiger partial charge on any atom is -0.465 e. The lowest BCUT2D eigenvalue weighted by Crippen LogP contribution is -2.35. The lowest BCUT2D eigenvalue weighted by atomic mass is 9.91. The zero-order valence-corrected chi connectivity index (χ0v) is 18.8. The molecule has 0 spiro atoms. The normalized spacial score (nSPS) is 10.5. The van der Waals surface area contributed by atoms with Crippen LogP contribution < -0.4 is 21.3 Å². The van der Waals surface area contributed by atoms with E-state index < -0.39 is 11.9 Å². The van der Waals surface area contributed by atoms with Crippen LogP contribution in [-0.2, 0) is 9.53 Å². The number of ether oxygens (including phenoxy) is 2. The molecule has 3 aromatic carbocycles. The summed E-state index contributed by atoms with van der Waals surface area (Å²) >= 11 is 0. The first-order chi connectivity index (χ1) is 17.1. The van der Waals surface area contributed by atoms with Crippen molar-refractivity contribution < 1.29 is 19.1 Å². The Kier molecular flexibility index (Phi) is 7.17. The van der Waals surface area contributed by atoms with Crippen LogP contribution in [0.1, 0.15) is 27.4 Å². The van der Waals surface area contributed by atoms with Crippen LogP contribution in [0.5, 0.6) is 11.6 Å². The molecular formula is C26H23N5O4. The van der Waals surface area contributed by atoms with Crippen molar-refractivity contribution in [2.45, 2.75) is 5.92 Å². The third-order valence-corrected chi connectivity index (χ3v) is 5.17. The Hall–Kier alpha value is -4.92. The number of aromatic nitrogens is 2. The van der Waals surface area contributed by atoms with Crippen molar-refractivity contribution in [3.63, 3.8) is 0 Å². The maximum absolute atomic E-state index is 13.2. The third-order valence-electron chi connectivity index (χ3n) is 5.17. The van der Waals surface area contributed by atoms with E-state index in [0.717, 1.165) is 11.1 Å². The number of nitrogens with zero attached hydrogens (tertiary/aromatic N) is 2. The number of hydrazine groups is 1. The first-order valence-corrected chi connectivity index (χ1v) is 10.7. The first-order valence-electron chi connectivity index (χ1n) is 10.7. The van der Waals surface area contributed by atoms with Crippen LogP contribution in [0.25, 0.3) is 0 Å². The Balaban J connectivity index is 1.49. The number of hydrogen-bond acceptors (Lipinski definition) is 8. The molecule has 35 heavy (non-hydrogen) atoms. The van der Waals surface area contributed by atoms with Crippen molar-refractivity contribution in [2.75, 3.05) is 18.3 Å². The smallest absolute Gasteiger partial charge is 0.337 e. The summed E-state index contributed by atoms with van der Waals surface area (Å²) in [6.07, 6.45) is 1.26. The van der Waals surface area contributed by atoms with E-state index in [4.69, 9.17) is 10.5 Å². The molecule has 4 aromatic rings. The van der Waals surface area contributed by atoms with Crippen LogP contribution in [0, 0.1) is 0 Å². The number of methoxy groups -OCH3 is 1. The molecule has 0 aliphatic carbocycles. The molecule has 0 saturated carbocycles. The molecule has 0 atom stereocenters. The highest BCUT2D eigenvalue weighted by molar-refractivity contribution is 5.89. The zero-order valence-electron chi connectivity index (χ0n) is 18.8. The number of carbonyl (C=O) groups is 2. The van der Waals surface area contributed by atoms with Gasteiger partial charge in [0.05, 0.1) is 18.6 Å². The quantitative estimate of drug-likeness (QED) is 0.262. The lowest BCUT2D eigenvalue weighted by Gasteiger charge is -2.19. The number of anilines is 2. The average molecular weight is 470 g/mol. The van der Waals surface area contributed by atoms with E-state index in [0.29, 0.717) is 11.3 Å². The average Bonchev–Trinajstić information content (AvgIpc) is 2.90. The minimum atomic E-state index is -0.544. The van der Waals surface area contributed by atoms with Crippen molar-refractivity contribution in [1.82, 2.24) is 15.4 Å². The maximum Gasteiger partial charge on any atom is 0.337 e. The minimum absolute atomic E-state index is 0.0882. The molecule has 1 heterocycles. The Morgan fingerprint density at radius 3 is 2.03 bits per heavy atom. The predicted molar refractivity (Wildman–Crippen MR) is 131 cm³/mol. The number of nitrogens with one attached hydrogen (secondary N) is 2. The number of rotatable bonds is 8. The molecule has 0 aliphatic rings. The summed E-state index contributed by atoms with van der Waals surface area (Å²) in [6.45, 7) is 0. The maximum atomic E-state index is 13.2. The zero-order chi connectivity index (χ0) is 24.6. The van der Waals surface area contributed by atoms with Crippen LogP contribution in [0.2, 0.25) is 0 Å². The number of amides is 1. The van der Waals surface area contributed by atoms with E-state index in [1.165, 1.54) is 13.4 Å². The van der Waals surface area contributed by atoms with Gasteiger partial charge < -0.3 is 15.2 Å². The van der Waals surface area contributed by atoms with Gasteiger partial charge in [-0.05, 0) is 35.4 Å². The van der Waals surface area contributed by atoms with E-state index in [-0.39, 0.29) is 23.3 Å². The van der Waals surface area contributed by atoms with Crippen molar-refractivity contribution in [2.24, 2.45) is 0 Å². The standard InChI is InChI=1S/C26H23N5O4/c1-34-26(33)19-12-14-20(15-13-19)35-25-22(27)23(28-16-29-25)30-31-24(32)21(17-8-4-2-5-9-17)18-10-6-3-7-11-18/h2-16,21H,27H2,1H3,(H,31,32)(H,28,29,30). The predicted octanol–water partition coefficient (Wildman–Crippen LogP) is 3.91. The number of hydrogen-bond donors (Lipinski definition) is 3. The van der Waals surface area contributed by atoms with Gasteiger partial charge in [0.25, 0.3) is 0 Å². The van der Waals surface area contributed by atoms with Gasteiger partial charge in [-0.25, -0.2) is 9.78 Å². The Bertz CT molecular complexity index is 1260. The molecule has 1 amide bonds. The van der Waals surface area contributed by atoms with Crippen molar-refractivity contribution >= 4 is 23.4 Å². The number of nitrogens with two attached hydrogens (primary N) is 1. The molecule has 9 nitrogen and oxygen atoms in total. The molecule has 1 aromatic heterocycles. The van der Waals surface area contributed by atoms with Gasteiger partial charge >= 0.3 is 5.97 Å². The second kappa shape index (κ2) is 10.8. The van der Waals surface area contributed by atoms with Gasteiger partial charge in [0.15, 0.2) is 5.82 Å². The van der Waals surface area contributed by atoms with E-state index in [1.807, 2.05) is 60.7 Å². The summed E-state index contributed by atoms with van der Waals surface area (Å²) in [7, 11) is 1.31. The molecule has 0 unspecified atom stereocenters. The second-order valence-electron chi connectivity index (χ2n) is 7.43. The number of nitrogen functional groups attached to an aromatic ring is 1. The third kappa shape index (κ3) is 5.53. The summed E-state index contributed by atoms with van der Waals surface area (Å²) in [5.74, 6) is -0.617. The van der Waals surface area contributed by atoms with Gasteiger partial charge in [-0.2, -0.15) is 4.98 Å². The van der Waals surface area contributed by atoms with Gasteiger partial charge in [-0.3, -0.25) is 15.6 Å². The Morgan fingerprint density at radius 1 is 0.857 bits per heavy atom. The fourth-order valence-electron chi connectivity index (χ4n) is 3.43. The summed E-state index contributed by atoms with van der Waals surface area (Å²) in [6, 6.07) is 25.2. The van der Waals surface area contributed by atoms with Gasteiger partial charge in [0.1, 0.15) is 17.8 Å². The van der Waals surface area contributed by atoms with Gasteiger partial charge in [-0.1, -0.05) is 60.7 Å².